The van der Waals surface area contributed by atoms with Crippen molar-refractivity contribution in [1.82, 2.24) is 0 Å². The van der Waals surface area contributed by atoms with Gasteiger partial charge in [-0.15, -0.1) is 11.3 Å². The monoisotopic (exact) mass is 681 g/mol. The first kappa shape index (κ1) is 29.7. The molecule has 0 N–H and O–H groups in total. The van der Waals surface area contributed by atoms with Crippen molar-refractivity contribution in [2.24, 2.45) is 5.92 Å². The maximum Gasteiger partial charge on any atom is 0.0555 e. The van der Waals surface area contributed by atoms with Crippen LogP contribution in [0.25, 0.3) is 42.4 Å². The van der Waals surface area contributed by atoms with Gasteiger partial charge in [-0.2, -0.15) is 0 Å². The average Bonchev–Trinajstić information content (AvgIpc) is 3.84. The summed E-state index contributed by atoms with van der Waals surface area (Å²) < 4.78 is 2.63. The minimum absolute atomic E-state index is 0.209. The molecule has 0 bridgehead atoms. The number of nitrogens with zero attached hydrogens (tertiary/aromatic N) is 1. The molecule has 0 radical (unpaired) electrons. The van der Waals surface area contributed by atoms with Crippen LogP contribution < -0.4 is 4.90 Å². The van der Waals surface area contributed by atoms with Crippen molar-refractivity contribution in [1.29, 1.82) is 0 Å². The minimum atomic E-state index is -0.288. The summed E-state index contributed by atoms with van der Waals surface area (Å²) in [5, 5.41) is 2.62. The molecule has 3 aliphatic carbocycles. The topological polar surface area (TPSA) is 3.24 Å². The van der Waals surface area contributed by atoms with Crippen LogP contribution in [0.5, 0.6) is 0 Å². The molecule has 2 unspecified atom stereocenters. The number of aryl methyl sites for hydroxylation is 1. The van der Waals surface area contributed by atoms with Crippen LogP contribution in [0.4, 0.5) is 17.1 Å². The molecular weight excluding hydrogens is 647 g/mol. The maximum absolute atomic E-state index is 2.60. The van der Waals surface area contributed by atoms with Gasteiger partial charge in [-0.25, -0.2) is 0 Å². The Morgan fingerprint density at radius 3 is 1.98 bits per heavy atom. The zero-order chi connectivity index (χ0) is 34.4. The van der Waals surface area contributed by atoms with Crippen LogP contribution in [0.2, 0.25) is 0 Å². The van der Waals surface area contributed by atoms with Crippen LogP contribution in [0.3, 0.4) is 0 Å². The standard InChI is InChI=1S/C50H35NS/c1-32-31-34(33-15-3-2-4-16-33)29-30-43(32)51(45-26-14-28-47-49(45)38-20-8-12-27-46(38)52-47)44-25-13-24-42-48(44)37-19-7-11-23-41(37)50(42)39-21-9-5-17-35(39)36-18-6-10-22-40(36)50/h2-31,37,41H,1H3. The number of anilines is 3. The first-order valence-electron chi connectivity index (χ1n) is 18.3. The second kappa shape index (κ2) is 11.3. The molecule has 1 spiro atoms. The highest BCUT2D eigenvalue weighted by Gasteiger charge is 2.57. The Hall–Kier alpha value is -5.96. The third-order valence-electron chi connectivity index (χ3n) is 11.9. The summed E-state index contributed by atoms with van der Waals surface area (Å²) in [6, 6.07) is 59.0. The number of hydrogen-bond donors (Lipinski definition) is 0. The molecule has 0 fully saturated rings. The Balaban J connectivity index is 1.23. The van der Waals surface area contributed by atoms with E-state index >= 15 is 0 Å². The van der Waals surface area contributed by atoms with E-state index in [2.05, 4.69) is 194 Å². The first-order valence-corrected chi connectivity index (χ1v) is 19.1. The van der Waals surface area contributed by atoms with Gasteiger partial charge in [0.25, 0.3) is 0 Å². The lowest BCUT2D eigenvalue weighted by molar-refractivity contribution is 0.465. The van der Waals surface area contributed by atoms with E-state index in [4.69, 9.17) is 0 Å². The van der Waals surface area contributed by atoms with E-state index < -0.39 is 0 Å². The molecule has 8 aromatic rings. The Morgan fingerprint density at radius 2 is 1.17 bits per heavy atom. The Bertz CT molecular complexity index is 2740. The van der Waals surface area contributed by atoms with Gasteiger partial charge < -0.3 is 4.90 Å². The summed E-state index contributed by atoms with van der Waals surface area (Å²) in [5.41, 5.74) is 15.5. The Morgan fingerprint density at radius 1 is 0.519 bits per heavy atom. The van der Waals surface area contributed by atoms with Crippen LogP contribution in [0, 0.1) is 12.8 Å². The highest BCUT2D eigenvalue weighted by atomic mass is 32.1. The van der Waals surface area contributed by atoms with Gasteiger partial charge >= 0.3 is 0 Å². The number of rotatable bonds is 4. The van der Waals surface area contributed by atoms with Crippen LogP contribution in [0.15, 0.2) is 182 Å². The third kappa shape index (κ3) is 3.99. The predicted molar refractivity (Wildman–Crippen MR) is 220 cm³/mol. The number of thiophene rings is 1. The van der Waals surface area contributed by atoms with Crippen LogP contribution >= 0.6 is 11.3 Å². The Labute approximate surface area is 308 Å². The zero-order valence-electron chi connectivity index (χ0n) is 28.8. The second-order valence-electron chi connectivity index (χ2n) is 14.4. The zero-order valence-corrected chi connectivity index (χ0v) is 29.6. The van der Waals surface area contributed by atoms with E-state index in [0.29, 0.717) is 0 Å². The van der Waals surface area contributed by atoms with E-state index in [0.717, 1.165) is 0 Å². The van der Waals surface area contributed by atoms with Crippen LogP contribution in [-0.4, -0.2) is 0 Å². The summed E-state index contributed by atoms with van der Waals surface area (Å²) in [7, 11) is 0. The minimum Gasteiger partial charge on any atom is -0.309 e. The highest BCUT2D eigenvalue weighted by Crippen LogP contribution is 2.67. The van der Waals surface area contributed by atoms with Crippen molar-refractivity contribution in [3.63, 3.8) is 0 Å². The van der Waals surface area contributed by atoms with Crippen LogP contribution in [-0.2, 0) is 5.41 Å². The van der Waals surface area contributed by atoms with Crippen molar-refractivity contribution in [3.05, 3.63) is 210 Å². The number of benzene rings is 7. The van der Waals surface area contributed by atoms with Crippen LogP contribution in [0.1, 0.15) is 33.7 Å². The fourth-order valence-electron chi connectivity index (χ4n) is 9.88. The molecule has 1 nitrogen and oxygen atoms in total. The molecule has 246 valence electrons. The normalized spacial score (nSPS) is 17.3. The second-order valence-corrected chi connectivity index (χ2v) is 15.5. The van der Waals surface area contributed by atoms with Gasteiger partial charge in [-0.05, 0) is 93.4 Å². The van der Waals surface area contributed by atoms with E-state index in [-0.39, 0.29) is 17.3 Å². The molecule has 0 aliphatic heterocycles. The summed E-state index contributed by atoms with van der Waals surface area (Å²) in [4.78, 5) is 2.60. The number of allylic oxidation sites excluding steroid dienone is 4. The van der Waals surface area contributed by atoms with E-state index in [1.165, 1.54) is 87.3 Å². The fraction of sp³-hybridized carbons (Fsp3) is 0.0800. The average molecular weight is 682 g/mol. The molecular formula is C50H35NS. The largest absolute Gasteiger partial charge is 0.309 e. The van der Waals surface area contributed by atoms with Gasteiger partial charge in [-0.3, -0.25) is 0 Å². The van der Waals surface area contributed by atoms with E-state index in [1.807, 2.05) is 11.3 Å². The number of hydrogen-bond acceptors (Lipinski definition) is 2. The molecule has 3 aliphatic rings. The maximum atomic E-state index is 2.60. The van der Waals surface area contributed by atoms with Gasteiger partial charge in [0.1, 0.15) is 0 Å². The smallest absolute Gasteiger partial charge is 0.0555 e. The summed E-state index contributed by atoms with van der Waals surface area (Å²) in [6.07, 6.45) is 9.51. The molecule has 0 saturated carbocycles. The molecule has 7 aromatic carbocycles. The predicted octanol–water partition coefficient (Wildman–Crippen LogP) is 13.7. The van der Waals surface area contributed by atoms with Crippen molar-refractivity contribution in [3.8, 4) is 22.3 Å². The van der Waals surface area contributed by atoms with Gasteiger partial charge in [0.2, 0.25) is 0 Å². The molecule has 1 heterocycles. The van der Waals surface area contributed by atoms with Crippen molar-refractivity contribution >= 4 is 48.6 Å². The molecule has 0 amide bonds. The molecule has 52 heavy (non-hydrogen) atoms. The van der Waals surface area contributed by atoms with E-state index in [9.17, 15) is 0 Å². The lowest BCUT2D eigenvalue weighted by atomic mass is 9.65. The van der Waals surface area contributed by atoms with Crippen molar-refractivity contribution in [2.45, 2.75) is 18.3 Å². The quantitative estimate of drug-likeness (QED) is 0.179. The molecule has 2 atom stereocenters. The van der Waals surface area contributed by atoms with Gasteiger partial charge in [0.05, 0.1) is 16.8 Å². The van der Waals surface area contributed by atoms with Crippen molar-refractivity contribution in [2.75, 3.05) is 4.90 Å². The van der Waals surface area contributed by atoms with E-state index in [1.54, 1.807) is 0 Å². The highest BCUT2D eigenvalue weighted by molar-refractivity contribution is 7.26. The molecule has 11 rings (SSSR count). The fourth-order valence-corrected chi connectivity index (χ4v) is 11.0. The lowest BCUT2D eigenvalue weighted by Gasteiger charge is -2.36. The SMILES string of the molecule is Cc1cc(-c2ccccc2)ccc1N(c1cccc2c1C1C=CC=CC1C21c2ccccc2-c2ccccc21)c1cccc2sc3ccccc3c12. The van der Waals surface area contributed by atoms with Gasteiger partial charge in [-0.1, -0.05) is 146 Å². The summed E-state index contributed by atoms with van der Waals surface area (Å²) >= 11 is 1.88. The number of fused-ring (bicyclic) bond motifs is 13. The molecule has 1 aromatic heterocycles. The third-order valence-corrected chi connectivity index (χ3v) is 13.0. The van der Waals surface area contributed by atoms with Gasteiger partial charge in [0.15, 0.2) is 0 Å². The molecule has 2 heteroatoms. The first-order chi connectivity index (χ1) is 25.7. The summed E-state index contributed by atoms with van der Waals surface area (Å²) in [6.45, 7) is 2.28. The van der Waals surface area contributed by atoms with Crippen molar-refractivity contribution < 1.29 is 0 Å². The summed E-state index contributed by atoms with van der Waals surface area (Å²) in [5.74, 6) is 0.458. The Kier molecular flexibility index (Phi) is 6.45. The lowest BCUT2D eigenvalue weighted by Crippen LogP contribution is -2.32. The molecule has 0 saturated heterocycles. The van der Waals surface area contributed by atoms with Gasteiger partial charge in [0, 0.05) is 37.7 Å².